The van der Waals surface area contributed by atoms with Gasteiger partial charge in [0.1, 0.15) is 23.8 Å². The molecule has 2 aromatic heterocycles. The summed E-state index contributed by atoms with van der Waals surface area (Å²) in [7, 11) is 0. The Balaban J connectivity index is 1.46. The molecule has 2 heterocycles. The van der Waals surface area contributed by atoms with Gasteiger partial charge in [-0.1, -0.05) is 18.2 Å². The maximum atomic E-state index is 12.4. The van der Waals surface area contributed by atoms with Gasteiger partial charge in [-0.05, 0) is 49.7 Å². The molecule has 4 aromatic rings. The predicted molar refractivity (Wildman–Crippen MR) is 113 cm³/mol. The molecule has 0 atom stereocenters. The zero-order valence-electron chi connectivity index (χ0n) is 16.1. The highest BCUT2D eigenvalue weighted by Gasteiger charge is 2.09. The van der Waals surface area contributed by atoms with Gasteiger partial charge in [0.15, 0.2) is 0 Å². The lowest BCUT2D eigenvalue weighted by atomic mass is 10.1. The maximum absolute atomic E-state index is 12.4. The van der Waals surface area contributed by atoms with Crippen molar-refractivity contribution >= 4 is 23.1 Å². The van der Waals surface area contributed by atoms with Crippen LogP contribution in [0.1, 0.15) is 21.7 Å². The summed E-state index contributed by atoms with van der Waals surface area (Å²) < 4.78 is 1.89. The van der Waals surface area contributed by atoms with Crippen LogP contribution in [0.2, 0.25) is 0 Å². The molecule has 2 N–H and O–H groups in total. The number of aryl methyl sites for hydroxylation is 2. The van der Waals surface area contributed by atoms with Crippen LogP contribution in [0.25, 0.3) is 5.82 Å². The van der Waals surface area contributed by atoms with Gasteiger partial charge in [-0.3, -0.25) is 9.36 Å². The number of amides is 1. The van der Waals surface area contributed by atoms with Crippen molar-refractivity contribution in [3.63, 3.8) is 0 Å². The van der Waals surface area contributed by atoms with E-state index in [1.54, 1.807) is 6.20 Å². The Bertz CT molecular complexity index is 1150. The fourth-order valence-corrected chi connectivity index (χ4v) is 2.98. The molecule has 0 saturated heterocycles. The number of rotatable bonds is 5. The third-order valence-corrected chi connectivity index (χ3v) is 4.53. The molecule has 0 bridgehead atoms. The zero-order chi connectivity index (χ0) is 20.2. The molecule has 2 aromatic carbocycles. The number of imidazole rings is 1. The van der Waals surface area contributed by atoms with E-state index in [1.165, 1.54) is 6.33 Å². The highest BCUT2D eigenvalue weighted by atomic mass is 16.1. The van der Waals surface area contributed by atoms with Crippen LogP contribution in [0, 0.1) is 13.8 Å². The van der Waals surface area contributed by atoms with Gasteiger partial charge >= 0.3 is 0 Å². The minimum atomic E-state index is -0.125. The van der Waals surface area contributed by atoms with Crippen LogP contribution in [0.15, 0.2) is 73.3 Å². The third kappa shape index (κ3) is 4.14. The first-order chi connectivity index (χ1) is 14.1. The number of carbonyl (C=O) groups excluding carboxylic acids is 1. The van der Waals surface area contributed by atoms with Crippen LogP contribution in [-0.2, 0) is 0 Å². The Labute approximate surface area is 168 Å². The monoisotopic (exact) mass is 384 g/mol. The molecular weight excluding hydrogens is 364 g/mol. The molecule has 0 aliphatic heterocycles. The van der Waals surface area contributed by atoms with E-state index in [-0.39, 0.29) is 5.91 Å². The van der Waals surface area contributed by atoms with E-state index in [0.717, 1.165) is 28.6 Å². The summed E-state index contributed by atoms with van der Waals surface area (Å²) in [6.45, 7) is 3.84. The summed E-state index contributed by atoms with van der Waals surface area (Å²) in [6.07, 6.45) is 5.09. The van der Waals surface area contributed by atoms with Crippen LogP contribution in [0.5, 0.6) is 0 Å². The van der Waals surface area contributed by atoms with Gasteiger partial charge in [0.2, 0.25) is 0 Å². The van der Waals surface area contributed by atoms with Crippen LogP contribution >= 0.6 is 0 Å². The highest BCUT2D eigenvalue weighted by Crippen LogP contribution is 2.20. The van der Waals surface area contributed by atoms with Crippen LogP contribution in [-0.4, -0.2) is 25.4 Å². The first-order valence-electron chi connectivity index (χ1n) is 9.16. The second kappa shape index (κ2) is 7.93. The summed E-state index contributed by atoms with van der Waals surface area (Å²) in [6, 6.07) is 16.8. The predicted octanol–water partition coefficient (Wildman–Crippen LogP) is 4.28. The molecule has 0 radical (unpaired) electrons. The van der Waals surface area contributed by atoms with Crippen molar-refractivity contribution in [3.05, 3.63) is 90.3 Å². The second-order valence-electron chi connectivity index (χ2n) is 6.58. The Kier molecular flexibility index (Phi) is 5.03. The fraction of sp³-hybridized carbons (Fsp3) is 0.0909. The number of hydrogen-bond acceptors (Lipinski definition) is 5. The average molecular weight is 384 g/mol. The minimum Gasteiger partial charge on any atom is -0.340 e. The largest absolute Gasteiger partial charge is 0.340 e. The van der Waals surface area contributed by atoms with Crippen molar-refractivity contribution in [2.24, 2.45) is 0 Å². The van der Waals surface area contributed by atoms with Crippen molar-refractivity contribution < 1.29 is 4.79 Å². The van der Waals surface area contributed by atoms with Gasteiger partial charge in [-0.2, -0.15) is 0 Å². The number of nitrogens with one attached hydrogen (secondary N) is 2. The van der Waals surface area contributed by atoms with Crippen molar-refractivity contribution in [2.45, 2.75) is 13.8 Å². The molecule has 0 spiro atoms. The Morgan fingerprint density at radius 2 is 1.69 bits per heavy atom. The van der Waals surface area contributed by atoms with Crippen molar-refractivity contribution in [2.75, 3.05) is 10.6 Å². The first-order valence-corrected chi connectivity index (χ1v) is 9.16. The summed E-state index contributed by atoms with van der Waals surface area (Å²) >= 11 is 0. The van der Waals surface area contributed by atoms with Gasteiger partial charge < -0.3 is 10.6 Å². The molecule has 1 amide bonds. The van der Waals surface area contributed by atoms with Crippen molar-refractivity contribution in [3.8, 4) is 5.82 Å². The molecule has 144 valence electrons. The van der Waals surface area contributed by atoms with Crippen molar-refractivity contribution in [1.82, 2.24) is 19.5 Å². The molecule has 29 heavy (non-hydrogen) atoms. The second-order valence-corrected chi connectivity index (χ2v) is 6.58. The van der Waals surface area contributed by atoms with Gasteiger partial charge in [-0.15, -0.1) is 0 Å². The molecule has 0 aliphatic carbocycles. The summed E-state index contributed by atoms with van der Waals surface area (Å²) in [4.78, 5) is 25.2. The minimum absolute atomic E-state index is 0.125. The number of benzene rings is 2. The Morgan fingerprint density at radius 1 is 0.931 bits per heavy atom. The lowest BCUT2D eigenvalue weighted by molar-refractivity contribution is 0.102. The van der Waals surface area contributed by atoms with E-state index in [2.05, 4.69) is 25.6 Å². The quantitative estimate of drug-likeness (QED) is 0.537. The third-order valence-electron chi connectivity index (χ3n) is 4.53. The molecule has 0 aliphatic rings. The molecular formula is C22H20N6O. The molecule has 0 unspecified atom stereocenters. The SMILES string of the molecule is Cc1ccccc1C(=O)Nc1ccc(Nc2cc(-n3ccnc3C)ncn2)cc1. The topological polar surface area (TPSA) is 84.7 Å². The van der Waals surface area contributed by atoms with Crippen LogP contribution < -0.4 is 10.6 Å². The molecule has 4 rings (SSSR count). The standard InChI is InChI=1S/C22H20N6O/c1-15-5-3-4-6-19(15)22(29)27-18-9-7-17(8-10-18)26-20-13-21(25-14-24-20)28-12-11-23-16(28)2/h3-14H,1-2H3,(H,27,29)(H,24,25,26). The molecule has 0 fully saturated rings. The highest BCUT2D eigenvalue weighted by molar-refractivity contribution is 6.05. The van der Waals surface area contributed by atoms with E-state index < -0.39 is 0 Å². The Hall–Kier alpha value is -4.00. The van der Waals surface area contributed by atoms with E-state index >= 15 is 0 Å². The number of carbonyl (C=O) groups is 1. The van der Waals surface area contributed by atoms with E-state index in [1.807, 2.05) is 79.2 Å². The van der Waals surface area contributed by atoms with E-state index in [0.29, 0.717) is 11.4 Å². The fourth-order valence-electron chi connectivity index (χ4n) is 2.98. The molecule has 7 heteroatoms. The van der Waals surface area contributed by atoms with Gasteiger partial charge in [0.25, 0.3) is 5.91 Å². The summed E-state index contributed by atoms with van der Waals surface area (Å²) in [5.74, 6) is 2.13. The van der Waals surface area contributed by atoms with Gasteiger partial charge in [-0.25, -0.2) is 15.0 Å². The summed E-state index contributed by atoms with van der Waals surface area (Å²) in [5.41, 5.74) is 3.18. The smallest absolute Gasteiger partial charge is 0.255 e. The lowest BCUT2D eigenvalue weighted by Crippen LogP contribution is -2.13. The molecule has 7 nitrogen and oxygen atoms in total. The van der Waals surface area contributed by atoms with Crippen molar-refractivity contribution in [1.29, 1.82) is 0 Å². The van der Waals surface area contributed by atoms with Gasteiger partial charge in [0.05, 0.1) is 0 Å². The summed E-state index contributed by atoms with van der Waals surface area (Å²) in [5, 5.41) is 6.17. The molecule has 0 saturated carbocycles. The average Bonchev–Trinajstić information content (AvgIpc) is 3.16. The van der Waals surface area contributed by atoms with E-state index in [9.17, 15) is 4.79 Å². The number of hydrogen-bond donors (Lipinski definition) is 2. The van der Waals surface area contributed by atoms with E-state index in [4.69, 9.17) is 0 Å². The lowest BCUT2D eigenvalue weighted by Gasteiger charge is -2.10. The number of anilines is 3. The van der Waals surface area contributed by atoms with Crippen LogP contribution in [0.4, 0.5) is 17.2 Å². The normalized spacial score (nSPS) is 10.6. The van der Waals surface area contributed by atoms with Gasteiger partial charge in [0, 0.05) is 35.4 Å². The maximum Gasteiger partial charge on any atom is 0.255 e. The van der Waals surface area contributed by atoms with Crippen LogP contribution in [0.3, 0.4) is 0 Å². The number of nitrogens with zero attached hydrogens (tertiary/aromatic N) is 4. The zero-order valence-corrected chi connectivity index (χ0v) is 16.1. The Morgan fingerprint density at radius 3 is 2.41 bits per heavy atom. The number of aromatic nitrogens is 4. The first kappa shape index (κ1) is 18.4.